The molecule has 0 atom stereocenters. The number of rotatable bonds is 9. The zero-order chi connectivity index (χ0) is 20.4. The molecule has 0 aliphatic carbocycles. The van der Waals surface area contributed by atoms with Crippen molar-refractivity contribution < 1.29 is 23.9 Å². The average molecular weight is 402 g/mol. The van der Waals surface area contributed by atoms with Gasteiger partial charge in [0.05, 0.1) is 14.2 Å². The summed E-state index contributed by atoms with van der Waals surface area (Å²) in [5, 5.41) is 5.24. The molecule has 148 valence electrons. The molecule has 7 nitrogen and oxygen atoms in total. The van der Waals surface area contributed by atoms with Gasteiger partial charge in [0.25, 0.3) is 5.91 Å². The van der Waals surface area contributed by atoms with Gasteiger partial charge in [-0.15, -0.1) is 11.8 Å². The molecule has 0 unspecified atom stereocenters. The maximum atomic E-state index is 12.1. The maximum absolute atomic E-state index is 12.1. The van der Waals surface area contributed by atoms with E-state index < -0.39 is 5.97 Å². The van der Waals surface area contributed by atoms with Crippen LogP contribution in [0.4, 0.5) is 5.69 Å². The number of hydrogen-bond donors (Lipinski definition) is 2. The van der Waals surface area contributed by atoms with Gasteiger partial charge in [-0.25, -0.2) is 0 Å². The lowest BCUT2D eigenvalue weighted by Gasteiger charge is -2.07. The summed E-state index contributed by atoms with van der Waals surface area (Å²) in [4.78, 5) is 36.1. The Labute approximate surface area is 167 Å². The molecule has 0 fully saturated rings. The zero-order valence-electron chi connectivity index (χ0n) is 15.7. The quantitative estimate of drug-likeness (QED) is 0.495. The SMILES string of the molecule is COC(=O)CNC(=O)c1ccc(NC(=O)CCSc2ccc(OC)cc2)cc1. The van der Waals surface area contributed by atoms with E-state index in [1.54, 1.807) is 43.1 Å². The minimum Gasteiger partial charge on any atom is -0.497 e. The highest BCUT2D eigenvalue weighted by atomic mass is 32.2. The molecule has 0 saturated carbocycles. The number of amides is 2. The molecule has 0 spiro atoms. The fraction of sp³-hybridized carbons (Fsp3) is 0.250. The molecule has 0 saturated heterocycles. The Morgan fingerprint density at radius 3 is 2.25 bits per heavy atom. The van der Waals surface area contributed by atoms with Crippen LogP contribution in [-0.4, -0.2) is 44.3 Å². The fourth-order valence-electron chi connectivity index (χ4n) is 2.19. The second-order valence-corrected chi connectivity index (χ2v) is 6.83. The predicted octanol–water partition coefficient (Wildman–Crippen LogP) is 2.72. The van der Waals surface area contributed by atoms with Gasteiger partial charge in [-0.1, -0.05) is 0 Å². The molecule has 0 radical (unpaired) electrons. The monoisotopic (exact) mass is 402 g/mol. The summed E-state index contributed by atoms with van der Waals surface area (Å²) >= 11 is 1.59. The van der Waals surface area contributed by atoms with E-state index in [0.29, 0.717) is 23.4 Å². The Balaban J connectivity index is 1.75. The highest BCUT2D eigenvalue weighted by Crippen LogP contribution is 2.22. The van der Waals surface area contributed by atoms with E-state index in [9.17, 15) is 14.4 Å². The number of carbonyl (C=O) groups excluding carboxylic acids is 3. The molecule has 2 aromatic rings. The van der Waals surface area contributed by atoms with E-state index in [4.69, 9.17) is 4.74 Å². The first-order valence-electron chi connectivity index (χ1n) is 8.53. The molecule has 0 bridgehead atoms. The van der Waals surface area contributed by atoms with E-state index >= 15 is 0 Å². The smallest absolute Gasteiger partial charge is 0.325 e. The first-order valence-corrected chi connectivity index (χ1v) is 9.52. The highest BCUT2D eigenvalue weighted by Gasteiger charge is 2.09. The van der Waals surface area contributed by atoms with Crippen molar-refractivity contribution in [1.82, 2.24) is 5.32 Å². The Hall–Kier alpha value is -3.00. The molecule has 0 aromatic heterocycles. The van der Waals surface area contributed by atoms with Gasteiger partial charge >= 0.3 is 5.97 Å². The summed E-state index contributed by atoms with van der Waals surface area (Å²) in [6.07, 6.45) is 0.359. The number of esters is 1. The van der Waals surface area contributed by atoms with E-state index in [1.807, 2.05) is 24.3 Å². The number of nitrogens with one attached hydrogen (secondary N) is 2. The summed E-state index contributed by atoms with van der Waals surface area (Å²) in [5.41, 5.74) is 0.987. The van der Waals surface area contributed by atoms with Crippen LogP contribution in [-0.2, 0) is 14.3 Å². The molecule has 2 amide bonds. The van der Waals surface area contributed by atoms with E-state index in [2.05, 4.69) is 15.4 Å². The number of carbonyl (C=O) groups is 3. The van der Waals surface area contributed by atoms with E-state index in [1.165, 1.54) is 7.11 Å². The third-order valence-electron chi connectivity index (χ3n) is 3.71. The molecule has 8 heteroatoms. The number of benzene rings is 2. The van der Waals surface area contributed by atoms with Crippen LogP contribution in [0.25, 0.3) is 0 Å². The number of ether oxygens (including phenoxy) is 2. The average Bonchev–Trinajstić information content (AvgIpc) is 2.72. The molecule has 2 rings (SSSR count). The molecule has 28 heavy (non-hydrogen) atoms. The third-order valence-corrected chi connectivity index (χ3v) is 4.72. The van der Waals surface area contributed by atoms with Gasteiger partial charge in [-0.3, -0.25) is 14.4 Å². The van der Waals surface area contributed by atoms with Crippen molar-refractivity contribution in [2.75, 3.05) is 31.8 Å². The maximum Gasteiger partial charge on any atom is 0.325 e. The van der Waals surface area contributed by atoms with Crippen LogP contribution in [0.15, 0.2) is 53.4 Å². The second-order valence-electron chi connectivity index (χ2n) is 5.66. The van der Waals surface area contributed by atoms with Crippen LogP contribution in [0, 0.1) is 0 Å². The zero-order valence-corrected chi connectivity index (χ0v) is 16.5. The standard InChI is InChI=1S/C20H22N2O5S/c1-26-16-7-9-17(10-8-16)28-12-11-18(23)22-15-5-3-14(4-6-15)20(25)21-13-19(24)27-2/h3-10H,11-13H2,1-2H3,(H,21,25)(H,22,23). The molecule has 2 aromatic carbocycles. The molecular formula is C20H22N2O5S. The van der Waals surface area contributed by atoms with Gasteiger partial charge in [0.1, 0.15) is 12.3 Å². The van der Waals surface area contributed by atoms with Gasteiger partial charge in [-0.05, 0) is 48.5 Å². The summed E-state index contributed by atoms with van der Waals surface area (Å²) in [5.74, 6) is 0.420. The minimum absolute atomic E-state index is 0.107. The largest absolute Gasteiger partial charge is 0.497 e. The first-order chi connectivity index (χ1) is 13.5. The summed E-state index contributed by atoms with van der Waals surface area (Å²) in [7, 11) is 2.87. The Morgan fingerprint density at radius 1 is 0.964 bits per heavy atom. The van der Waals surface area contributed by atoms with Gasteiger partial charge in [0, 0.05) is 28.3 Å². The van der Waals surface area contributed by atoms with E-state index in [-0.39, 0.29) is 18.4 Å². The first kappa shape index (κ1) is 21.3. The van der Waals surface area contributed by atoms with Gasteiger partial charge in [0.2, 0.25) is 5.91 Å². The number of methoxy groups -OCH3 is 2. The number of anilines is 1. The third kappa shape index (κ3) is 6.96. The summed E-state index contributed by atoms with van der Waals surface area (Å²) < 4.78 is 9.57. The molecule has 0 aliphatic heterocycles. The fourth-order valence-corrected chi connectivity index (χ4v) is 3.04. The van der Waals surface area contributed by atoms with Crippen LogP contribution in [0.1, 0.15) is 16.8 Å². The van der Waals surface area contributed by atoms with Crippen LogP contribution in [0.3, 0.4) is 0 Å². The number of thioether (sulfide) groups is 1. The molecule has 2 N–H and O–H groups in total. The van der Waals surface area contributed by atoms with Gasteiger partial charge < -0.3 is 20.1 Å². The topological polar surface area (TPSA) is 93.7 Å². The molecule has 0 heterocycles. The van der Waals surface area contributed by atoms with Crippen molar-refractivity contribution in [2.24, 2.45) is 0 Å². The lowest BCUT2D eigenvalue weighted by Crippen LogP contribution is -2.30. The lowest BCUT2D eigenvalue weighted by atomic mass is 10.2. The van der Waals surface area contributed by atoms with Crippen molar-refractivity contribution in [3.63, 3.8) is 0 Å². The molecule has 0 aliphatic rings. The highest BCUT2D eigenvalue weighted by molar-refractivity contribution is 7.99. The second kappa shape index (κ2) is 11.0. The van der Waals surface area contributed by atoms with Crippen molar-refractivity contribution in [1.29, 1.82) is 0 Å². The summed E-state index contributed by atoms with van der Waals surface area (Å²) in [6.45, 7) is -0.195. The van der Waals surface area contributed by atoms with Gasteiger partial charge in [-0.2, -0.15) is 0 Å². The van der Waals surface area contributed by atoms with Crippen molar-refractivity contribution in [3.8, 4) is 5.75 Å². The van der Waals surface area contributed by atoms with Crippen molar-refractivity contribution >= 4 is 35.2 Å². The van der Waals surface area contributed by atoms with Crippen LogP contribution < -0.4 is 15.4 Å². The van der Waals surface area contributed by atoms with Gasteiger partial charge in [0.15, 0.2) is 0 Å². The Bertz CT molecular complexity index is 806. The lowest BCUT2D eigenvalue weighted by molar-refractivity contribution is -0.139. The minimum atomic E-state index is -0.523. The normalized spacial score (nSPS) is 10.1. The van der Waals surface area contributed by atoms with E-state index in [0.717, 1.165) is 10.6 Å². The van der Waals surface area contributed by atoms with Crippen LogP contribution in [0.2, 0.25) is 0 Å². The molecular weight excluding hydrogens is 380 g/mol. The Kier molecular flexibility index (Phi) is 8.36. The summed E-state index contributed by atoms with van der Waals surface area (Å²) in [6, 6.07) is 14.1. The van der Waals surface area contributed by atoms with Crippen LogP contribution in [0.5, 0.6) is 5.75 Å². The number of hydrogen-bond acceptors (Lipinski definition) is 6. The van der Waals surface area contributed by atoms with Crippen LogP contribution >= 0.6 is 11.8 Å². The van der Waals surface area contributed by atoms with Crippen molar-refractivity contribution in [3.05, 3.63) is 54.1 Å². The predicted molar refractivity (Wildman–Crippen MR) is 108 cm³/mol. The van der Waals surface area contributed by atoms with Crippen molar-refractivity contribution in [2.45, 2.75) is 11.3 Å². The Morgan fingerprint density at radius 2 is 1.64 bits per heavy atom.